The second kappa shape index (κ2) is 9.17. The van der Waals surface area contributed by atoms with Crippen LogP contribution in [0.15, 0.2) is 103 Å². The fourth-order valence-electron chi connectivity index (χ4n) is 3.58. The molecule has 0 amide bonds. The number of rotatable bonds is 6. The average Bonchev–Trinajstić information content (AvgIpc) is 3.16. The third-order valence-corrected chi connectivity index (χ3v) is 4.86. The van der Waals surface area contributed by atoms with E-state index in [1.54, 1.807) is 6.08 Å². The van der Waals surface area contributed by atoms with E-state index in [0.29, 0.717) is 13.0 Å². The number of benzene rings is 3. The Kier molecular flexibility index (Phi) is 6.64. The first kappa shape index (κ1) is 20.3. The van der Waals surface area contributed by atoms with Crippen molar-refractivity contribution in [3.8, 4) is 0 Å². The van der Waals surface area contributed by atoms with Gasteiger partial charge < -0.3 is 14.6 Å². The van der Waals surface area contributed by atoms with Crippen LogP contribution in [0.3, 0.4) is 0 Å². The molecule has 0 aliphatic carbocycles. The Morgan fingerprint density at radius 3 is 1.57 bits per heavy atom. The molecule has 4 heteroatoms. The minimum Gasteiger partial charge on any atom is -0.607 e. The molecule has 0 saturated carbocycles. The van der Waals surface area contributed by atoms with Crippen molar-refractivity contribution in [1.82, 2.24) is 0 Å². The zero-order valence-corrected chi connectivity index (χ0v) is 16.0. The van der Waals surface area contributed by atoms with E-state index in [1.807, 2.05) is 54.6 Å². The minimum absolute atomic E-state index is 0. The monoisotopic (exact) mass is 364 g/mol. The summed E-state index contributed by atoms with van der Waals surface area (Å²) in [5.41, 5.74) is 2.33. The maximum atomic E-state index is 11.5. The molecule has 0 aromatic heterocycles. The predicted octanol–water partition coefficient (Wildman–Crippen LogP) is 0.990. The quantitative estimate of drug-likeness (QED) is 0.484. The first-order chi connectivity index (χ1) is 13.3. The first-order valence-corrected chi connectivity index (χ1v) is 9.13. The van der Waals surface area contributed by atoms with Gasteiger partial charge >= 0.3 is 18.9 Å². The number of hydrogen-bond donors (Lipinski definition) is 0. The Morgan fingerprint density at radius 1 is 0.786 bits per heavy atom. The van der Waals surface area contributed by atoms with Crippen LogP contribution in [0.2, 0.25) is 0 Å². The van der Waals surface area contributed by atoms with Gasteiger partial charge in [0.2, 0.25) is 0 Å². The van der Waals surface area contributed by atoms with Crippen molar-refractivity contribution in [2.24, 2.45) is 0 Å². The molecule has 3 aromatic carbocycles. The molecular formula is C24H21LiO3. The summed E-state index contributed by atoms with van der Waals surface area (Å²) < 4.78 is 12.0. The molecule has 1 heterocycles. The zero-order valence-electron chi connectivity index (χ0n) is 16.0. The minimum atomic E-state index is -0.779. The van der Waals surface area contributed by atoms with Crippen LogP contribution in [-0.2, 0) is 15.1 Å². The smallest absolute Gasteiger partial charge is 0.607 e. The van der Waals surface area contributed by atoms with Gasteiger partial charge in [0.15, 0.2) is 0 Å². The molecule has 1 atom stereocenters. The van der Waals surface area contributed by atoms with E-state index in [2.05, 4.69) is 36.4 Å². The molecule has 3 nitrogen and oxygen atoms in total. The standard InChI is InChI=1S/C24H22O3.Li/c25-23-17-16-22(27-23)18-26-24(19-10-4-1-5-11-19,20-12-6-2-7-13-20)21-14-8-3-9-15-21;/h1-15,17,22,25H,16,18H2;/q;+1/p-1/t22-;/m0./s1. The van der Waals surface area contributed by atoms with Gasteiger partial charge in [-0.3, -0.25) is 0 Å². The molecule has 0 N–H and O–H groups in total. The number of ether oxygens (including phenoxy) is 2. The van der Waals surface area contributed by atoms with Crippen LogP contribution in [0.25, 0.3) is 0 Å². The SMILES string of the molecule is [Li+].[O-]C1=CC[C@@H](COC(c2ccccc2)(c2ccccc2)c2ccccc2)O1. The van der Waals surface area contributed by atoms with Gasteiger partial charge in [-0.2, -0.15) is 0 Å². The summed E-state index contributed by atoms with van der Waals surface area (Å²) in [6, 6.07) is 30.6. The van der Waals surface area contributed by atoms with Crippen molar-refractivity contribution in [2.75, 3.05) is 6.61 Å². The van der Waals surface area contributed by atoms with Crippen molar-refractivity contribution < 1.29 is 33.4 Å². The Bertz CT molecular complexity index is 798. The van der Waals surface area contributed by atoms with E-state index in [9.17, 15) is 5.11 Å². The maximum absolute atomic E-state index is 11.5. The zero-order chi connectivity index (χ0) is 18.5. The Hall–Kier alpha value is -2.44. The molecule has 0 fully saturated rings. The van der Waals surface area contributed by atoms with Gasteiger partial charge in [0.25, 0.3) is 0 Å². The Balaban J connectivity index is 0.00000225. The molecule has 136 valence electrons. The third-order valence-electron chi connectivity index (χ3n) is 4.86. The summed E-state index contributed by atoms with van der Waals surface area (Å²) in [5.74, 6) is -0.270. The summed E-state index contributed by atoms with van der Waals surface area (Å²) in [6.45, 7) is 0.320. The van der Waals surface area contributed by atoms with Gasteiger partial charge in [0, 0.05) is 12.0 Å². The largest absolute Gasteiger partial charge is 1.00 e. The van der Waals surface area contributed by atoms with Gasteiger partial charge in [0.1, 0.15) is 5.60 Å². The van der Waals surface area contributed by atoms with Crippen LogP contribution in [0, 0.1) is 0 Å². The van der Waals surface area contributed by atoms with Crippen molar-refractivity contribution in [3.05, 3.63) is 120 Å². The van der Waals surface area contributed by atoms with Gasteiger partial charge in [-0.15, -0.1) is 0 Å². The maximum Gasteiger partial charge on any atom is 1.00 e. The average molecular weight is 364 g/mol. The Labute approximate surface area is 177 Å². The molecule has 28 heavy (non-hydrogen) atoms. The van der Waals surface area contributed by atoms with Gasteiger partial charge in [-0.05, 0) is 23.1 Å². The summed E-state index contributed by atoms with van der Waals surface area (Å²) in [7, 11) is 0. The van der Waals surface area contributed by atoms with Crippen molar-refractivity contribution >= 4 is 0 Å². The summed E-state index contributed by atoms with van der Waals surface area (Å²) in [5, 5.41) is 11.5. The number of hydrogen-bond acceptors (Lipinski definition) is 3. The Morgan fingerprint density at radius 2 is 1.21 bits per heavy atom. The molecule has 0 radical (unpaired) electrons. The molecule has 0 saturated heterocycles. The molecule has 3 aromatic rings. The summed E-state index contributed by atoms with van der Waals surface area (Å²) >= 11 is 0. The van der Waals surface area contributed by atoms with E-state index in [0.717, 1.165) is 16.7 Å². The second-order valence-corrected chi connectivity index (χ2v) is 6.59. The molecule has 0 spiro atoms. The van der Waals surface area contributed by atoms with Crippen molar-refractivity contribution in [3.63, 3.8) is 0 Å². The van der Waals surface area contributed by atoms with E-state index in [4.69, 9.17) is 9.47 Å². The van der Waals surface area contributed by atoms with Gasteiger partial charge in [-0.1, -0.05) is 97.1 Å². The van der Waals surface area contributed by atoms with Crippen LogP contribution in [0.1, 0.15) is 23.1 Å². The van der Waals surface area contributed by atoms with E-state index in [-0.39, 0.29) is 30.9 Å². The molecule has 0 unspecified atom stereocenters. The molecule has 1 aliphatic heterocycles. The summed E-state index contributed by atoms with van der Waals surface area (Å²) in [4.78, 5) is 0. The van der Waals surface area contributed by atoms with Crippen LogP contribution >= 0.6 is 0 Å². The van der Waals surface area contributed by atoms with Crippen LogP contribution in [-0.4, -0.2) is 12.7 Å². The molecule has 4 rings (SSSR count). The molecular weight excluding hydrogens is 343 g/mol. The third kappa shape index (κ3) is 4.03. The van der Waals surface area contributed by atoms with E-state index < -0.39 is 5.60 Å². The van der Waals surface area contributed by atoms with Gasteiger partial charge in [0.05, 0.1) is 6.61 Å². The van der Waals surface area contributed by atoms with Crippen LogP contribution in [0.5, 0.6) is 0 Å². The molecule has 0 bridgehead atoms. The van der Waals surface area contributed by atoms with Crippen molar-refractivity contribution in [2.45, 2.75) is 18.1 Å². The fraction of sp³-hybridized carbons (Fsp3) is 0.167. The summed E-state index contributed by atoms with van der Waals surface area (Å²) in [6.07, 6.45) is 1.89. The normalized spacial score (nSPS) is 16.0. The fourth-order valence-corrected chi connectivity index (χ4v) is 3.58. The van der Waals surface area contributed by atoms with Crippen LogP contribution < -0.4 is 24.0 Å². The second-order valence-electron chi connectivity index (χ2n) is 6.59. The van der Waals surface area contributed by atoms with Crippen molar-refractivity contribution in [1.29, 1.82) is 0 Å². The molecule has 1 aliphatic rings. The predicted molar refractivity (Wildman–Crippen MR) is 103 cm³/mol. The van der Waals surface area contributed by atoms with Gasteiger partial charge in [-0.25, -0.2) is 0 Å². The van der Waals surface area contributed by atoms with Crippen LogP contribution in [0.4, 0.5) is 0 Å². The first-order valence-electron chi connectivity index (χ1n) is 9.13. The topological polar surface area (TPSA) is 41.5 Å². The van der Waals surface area contributed by atoms with E-state index >= 15 is 0 Å². The van der Waals surface area contributed by atoms with E-state index in [1.165, 1.54) is 0 Å².